The van der Waals surface area contributed by atoms with E-state index < -0.39 is 0 Å². The molecule has 2 aliphatic rings. The van der Waals surface area contributed by atoms with E-state index in [1.54, 1.807) is 12.1 Å². The third kappa shape index (κ3) is 2.10. The fourth-order valence-corrected chi connectivity index (χ4v) is 4.93. The van der Waals surface area contributed by atoms with E-state index in [4.69, 9.17) is 4.74 Å². The normalized spacial score (nSPS) is 23.2. The standard InChI is InChI=1S/C23H20O3/c1-13-11-15-12-18(13)20-19(15)22(17-10-6-5-9-16(17)21(20)24)26-23(25)14-7-3-2-4-8-14/h2-10,13,15,18,24H,11-12H2,1H3. The van der Waals surface area contributed by atoms with Crippen LogP contribution < -0.4 is 4.74 Å². The van der Waals surface area contributed by atoms with Crippen LogP contribution in [0.4, 0.5) is 0 Å². The maximum absolute atomic E-state index is 12.7. The Balaban J connectivity index is 1.71. The summed E-state index contributed by atoms with van der Waals surface area (Å²) in [6, 6.07) is 16.7. The number of hydrogen-bond donors (Lipinski definition) is 1. The lowest BCUT2D eigenvalue weighted by Crippen LogP contribution is -2.14. The number of ether oxygens (including phenoxy) is 1. The Bertz CT molecular complexity index is 1020. The zero-order valence-corrected chi connectivity index (χ0v) is 14.6. The number of phenolic OH excluding ortho intramolecular Hbond substituents is 1. The highest BCUT2D eigenvalue weighted by atomic mass is 16.5. The van der Waals surface area contributed by atoms with E-state index in [1.165, 1.54) is 0 Å². The Morgan fingerprint density at radius 1 is 0.962 bits per heavy atom. The molecule has 0 aromatic heterocycles. The van der Waals surface area contributed by atoms with Crippen LogP contribution in [-0.4, -0.2) is 11.1 Å². The Morgan fingerprint density at radius 3 is 2.42 bits per heavy atom. The molecule has 1 fully saturated rings. The molecule has 0 heterocycles. The molecule has 3 aromatic rings. The van der Waals surface area contributed by atoms with Gasteiger partial charge in [0.2, 0.25) is 0 Å². The van der Waals surface area contributed by atoms with Crippen LogP contribution in [0, 0.1) is 5.92 Å². The number of esters is 1. The zero-order valence-electron chi connectivity index (χ0n) is 14.6. The van der Waals surface area contributed by atoms with Gasteiger partial charge in [-0.25, -0.2) is 4.79 Å². The summed E-state index contributed by atoms with van der Waals surface area (Å²) in [4.78, 5) is 12.7. The number of carbonyl (C=O) groups is 1. The molecule has 2 bridgehead atoms. The molecule has 1 saturated carbocycles. The van der Waals surface area contributed by atoms with Gasteiger partial charge in [0, 0.05) is 21.9 Å². The van der Waals surface area contributed by atoms with E-state index >= 15 is 0 Å². The maximum atomic E-state index is 12.7. The van der Waals surface area contributed by atoms with Crippen LogP contribution in [0.1, 0.15) is 53.1 Å². The molecule has 130 valence electrons. The van der Waals surface area contributed by atoms with Crippen molar-refractivity contribution in [3.05, 3.63) is 71.3 Å². The summed E-state index contributed by atoms with van der Waals surface area (Å²) in [6.07, 6.45) is 2.13. The van der Waals surface area contributed by atoms with Gasteiger partial charge in [0.05, 0.1) is 5.56 Å². The summed E-state index contributed by atoms with van der Waals surface area (Å²) in [5.41, 5.74) is 2.59. The molecule has 0 radical (unpaired) electrons. The van der Waals surface area contributed by atoms with Crippen LogP contribution in [0.3, 0.4) is 0 Å². The Hall–Kier alpha value is -2.81. The molecule has 0 spiro atoms. The second-order valence-electron chi connectivity index (χ2n) is 7.56. The minimum atomic E-state index is -0.348. The Labute approximate surface area is 152 Å². The molecule has 3 atom stereocenters. The number of hydrogen-bond acceptors (Lipinski definition) is 3. The lowest BCUT2D eigenvalue weighted by molar-refractivity contribution is 0.0735. The molecular formula is C23H20O3. The monoisotopic (exact) mass is 344 g/mol. The van der Waals surface area contributed by atoms with Gasteiger partial charge in [-0.2, -0.15) is 0 Å². The predicted molar refractivity (Wildman–Crippen MR) is 101 cm³/mol. The van der Waals surface area contributed by atoms with Crippen molar-refractivity contribution in [2.24, 2.45) is 5.92 Å². The number of rotatable bonds is 2. The summed E-state index contributed by atoms with van der Waals surface area (Å²) in [5, 5.41) is 12.5. The van der Waals surface area contributed by atoms with Crippen molar-refractivity contribution >= 4 is 16.7 Å². The molecule has 3 aromatic carbocycles. The molecule has 1 N–H and O–H groups in total. The van der Waals surface area contributed by atoms with Gasteiger partial charge < -0.3 is 9.84 Å². The summed E-state index contributed by atoms with van der Waals surface area (Å²) in [7, 11) is 0. The third-order valence-electron chi connectivity index (χ3n) is 6.08. The first-order chi connectivity index (χ1) is 12.6. The number of carbonyl (C=O) groups excluding carboxylic acids is 1. The molecule has 0 amide bonds. The van der Waals surface area contributed by atoms with Crippen LogP contribution in [0.2, 0.25) is 0 Å². The van der Waals surface area contributed by atoms with Crippen LogP contribution >= 0.6 is 0 Å². The highest BCUT2D eigenvalue weighted by Crippen LogP contribution is 2.62. The highest BCUT2D eigenvalue weighted by molar-refractivity contribution is 6.00. The zero-order chi connectivity index (χ0) is 17.8. The van der Waals surface area contributed by atoms with Crippen molar-refractivity contribution < 1.29 is 14.6 Å². The van der Waals surface area contributed by atoms with E-state index in [1.807, 2.05) is 42.5 Å². The number of phenols is 1. The van der Waals surface area contributed by atoms with Gasteiger partial charge in [-0.3, -0.25) is 0 Å². The first kappa shape index (κ1) is 15.4. The summed E-state index contributed by atoms with van der Waals surface area (Å²) >= 11 is 0. The minimum Gasteiger partial charge on any atom is -0.507 e. The second-order valence-corrected chi connectivity index (χ2v) is 7.56. The number of fused-ring (bicyclic) bond motifs is 6. The van der Waals surface area contributed by atoms with E-state index in [9.17, 15) is 9.90 Å². The molecule has 0 saturated heterocycles. The molecule has 3 nitrogen and oxygen atoms in total. The van der Waals surface area contributed by atoms with Gasteiger partial charge in [0.15, 0.2) is 0 Å². The minimum absolute atomic E-state index is 0.348. The Kier molecular flexibility index (Phi) is 3.33. The molecule has 3 heteroatoms. The average molecular weight is 344 g/mol. The van der Waals surface area contributed by atoms with E-state index in [2.05, 4.69) is 6.92 Å². The molecule has 0 aliphatic heterocycles. The Morgan fingerprint density at radius 2 is 1.65 bits per heavy atom. The summed E-state index contributed by atoms with van der Waals surface area (Å²) in [6.45, 7) is 2.25. The molecular weight excluding hydrogens is 324 g/mol. The second kappa shape index (κ2) is 5.60. The molecule has 26 heavy (non-hydrogen) atoms. The van der Waals surface area contributed by atoms with Crippen molar-refractivity contribution in [3.8, 4) is 11.5 Å². The van der Waals surface area contributed by atoms with Gasteiger partial charge in [0.25, 0.3) is 0 Å². The lowest BCUT2D eigenvalue weighted by Gasteiger charge is -2.25. The number of benzene rings is 3. The van der Waals surface area contributed by atoms with Crippen molar-refractivity contribution in [2.45, 2.75) is 31.6 Å². The molecule has 3 unspecified atom stereocenters. The van der Waals surface area contributed by atoms with E-state index in [0.29, 0.717) is 34.8 Å². The fourth-order valence-electron chi connectivity index (χ4n) is 4.93. The first-order valence-electron chi connectivity index (χ1n) is 9.20. The predicted octanol–water partition coefficient (Wildman–Crippen LogP) is 5.38. The van der Waals surface area contributed by atoms with E-state index in [0.717, 1.165) is 34.7 Å². The fraction of sp³-hybridized carbons (Fsp3) is 0.261. The van der Waals surface area contributed by atoms with Crippen molar-refractivity contribution in [1.82, 2.24) is 0 Å². The van der Waals surface area contributed by atoms with Crippen molar-refractivity contribution in [2.75, 3.05) is 0 Å². The van der Waals surface area contributed by atoms with Crippen molar-refractivity contribution in [1.29, 1.82) is 0 Å². The molecule has 2 aliphatic carbocycles. The lowest BCUT2D eigenvalue weighted by atomic mass is 9.82. The van der Waals surface area contributed by atoms with E-state index in [-0.39, 0.29) is 5.97 Å². The first-order valence-corrected chi connectivity index (χ1v) is 9.20. The van der Waals surface area contributed by atoms with Gasteiger partial charge in [0.1, 0.15) is 11.5 Å². The SMILES string of the molecule is CC1CC2CC1c1c2c(OC(=O)c2ccccc2)c2ccccc2c1O. The van der Waals surface area contributed by atoms with Crippen molar-refractivity contribution in [3.63, 3.8) is 0 Å². The van der Waals surface area contributed by atoms with Crippen LogP contribution in [-0.2, 0) is 0 Å². The quantitative estimate of drug-likeness (QED) is 0.502. The number of aromatic hydroxyl groups is 1. The largest absolute Gasteiger partial charge is 0.507 e. The maximum Gasteiger partial charge on any atom is 0.343 e. The summed E-state index contributed by atoms with van der Waals surface area (Å²) < 4.78 is 5.95. The van der Waals surface area contributed by atoms with Crippen LogP contribution in [0.15, 0.2) is 54.6 Å². The van der Waals surface area contributed by atoms with Gasteiger partial charge in [-0.15, -0.1) is 0 Å². The third-order valence-corrected chi connectivity index (χ3v) is 6.08. The topological polar surface area (TPSA) is 46.5 Å². The highest BCUT2D eigenvalue weighted by Gasteiger charge is 2.46. The summed E-state index contributed by atoms with van der Waals surface area (Å²) in [5.74, 6) is 1.93. The molecule has 5 rings (SSSR count). The van der Waals surface area contributed by atoms with Crippen LogP contribution in [0.5, 0.6) is 11.5 Å². The average Bonchev–Trinajstić information content (AvgIpc) is 3.23. The van der Waals surface area contributed by atoms with Crippen LogP contribution in [0.25, 0.3) is 10.8 Å². The van der Waals surface area contributed by atoms with Gasteiger partial charge >= 0.3 is 5.97 Å². The smallest absolute Gasteiger partial charge is 0.343 e. The van der Waals surface area contributed by atoms with Gasteiger partial charge in [-0.05, 0) is 42.7 Å². The van der Waals surface area contributed by atoms with Gasteiger partial charge in [-0.1, -0.05) is 49.4 Å².